The molecule has 0 fully saturated rings. The van der Waals surface area contributed by atoms with Gasteiger partial charge in [-0.2, -0.15) is 0 Å². The Bertz CT molecular complexity index is 829. The van der Waals surface area contributed by atoms with Crippen LogP contribution in [0.5, 0.6) is 5.75 Å². The van der Waals surface area contributed by atoms with E-state index in [9.17, 15) is 18.3 Å². The molecular weight excluding hydrogens is 342 g/mol. The number of carbonyl (C=O) groups is 1. The van der Waals surface area contributed by atoms with Crippen molar-refractivity contribution >= 4 is 21.7 Å². The van der Waals surface area contributed by atoms with Gasteiger partial charge in [0, 0.05) is 0 Å². The molecule has 6 nitrogen and oxygen atoms in total. The van der Waals surface area contributed by atoms with E-state index in [1.165, 1.54) is 31.2 Å². The van der Waals surface area contributed by atoms with Gasteiger partial charge in [-0.25, -0.2) is 13.2 Å². The second-order valence-electron chi connectivity index (χ2n) is 5.56. The fourth-order valence-electron chi connectivity index (χ4n) is 2.35. The summed E-state index contributed by atoms with van der Waals surface area (Å²) in [6.45, 7) is 5.51. The van der Waals surface area contributed by atoms with Crippen LogP contribution in [0, 0.1) is 6.92 Å². The standard InChI is InChI=1S/C18H21NO5S/c1-4-24-16-9-7-15(8-10-16)19(14(3)18(20)21)25(22,23)17-11-5-13(2)6-12-17/h5-12,14H,4H2,1-3H3,(H,20,21). The Labute approximate surface area is 147 Å². The number of nitrogens with zero attached hydrogens (tertiary/aromatic N) is 1. The van der Waals surface area contributed by atoms with Crippen LogP contribution in [0.2, 0.25) is 0 Å². The number of ether oxygens (including phenoxy) is 1. The van der Waals surface area contributed by atoms with E-state index in [4.69, 9.17) is 4.74 Å². The van der Waals surface area contributed by atoms with Crippen molar-refractivity contribution in [3.63, 3.8) is 0 Å². The molecule has 0 saturated heterocycles. The van der Waals surface area contributed by atoms with Crippen LogP contribution in [-0.2, 0) is 14.8 Å². The van der Waals surface area contributed by atoms with Gasteiger partial charge < -0.3 is 9.84 Å². The summed E-state index contributed by atoms with van der Waals surface area (Å²) in [4.78, 5) is 11.5. The Morgan fingerprint density at radius 2 is 1.68 bits per heavy atom. The summed E-state index contributed by atoms with van der Waals surface area (Å²) in [7, 11) is -4.03. The van der Waals surface area contributed by atoms with Crippen LogP contribution in [0.25, 0.3) is 0 Å². The van der Waals surface area contributed by atoms with Crippen molar-refractivity contribution in [2.45, 2.75) is 31.7 Å². The van der Waals surface area contributed by atoms with E-state index in [0.717, 1.165) is 9.87 Å². The molecule has 25 heavy (non-hydrogen) atoms. The molecule has 2 aromatic carbocycles. The number of anilines is 1. The molecule has 0 spiro atoms. The van der Waals surface area contributed by atoms with Crippen LogP contribution in [-0.4, -0.2) is 32.1 Å². The third-order valence-corrected chi connectivity index (χ3v) is 5.60. The zero-order chi connectivity index (χ0) is 18.6. The number of carboxylic acid groups (broad SMARTS) is 1. The van der Waals surface area contributed by atoms with E-state index in [-0.39, 0.29) is 10.6 Å². The molecule has 0 aliphatic carbocycles. The second-order valence-corrected chi connectivity index (χ2v) is 7.37. The zero-order valence-corrected chi connectivity index (χ0v) is 15.2. The lowest BCUT2D eigenvalue weighted by molar-refractivity contribution is -0.137. The summed E-state index contributed by atoms with van der Waals surface area (Å²) in [6, 6.07) is 11.3. The van der Waals surface area contributed by atoms with E-state index in [2.05, 4.69) is 0 Å². The van der Waals surface area contributed by atoms with E-state index in [0.29, 0.717) is 12.4 Å². The molecule has 0 aliphatic rings. The third-order valence-electron chi connectivity index (χ3n) is 3.69. The van der Waals surface area contributed by atoms with Crippen molar-refractivity contribution in [1.82, 2.24) is 0 Å². The van der Waals surface area contributed by atoms with Crippen LogP contribution >= 0.6 is 0 Å². The molecule has 0 aliphatic heterocycles. The van der Waals surface area contributed by atoms with E-state index in [1.54, 1.807) is 24.3 Å². The van der Waals surface area contributed by atoms with E-state index in [1.807, 2.05) is 13.8 Å². The minimum absolute atomic E-state index is 0.0417. The molecule has 0 saturated carbocycles. The average Bonchev–Trinajstić information content (AvgIpc) is 2.57. The molecular formula is C18H21NO5S. The Morgan fingerprint density at radius 3 is 2.16 bits per heavy atom. The van der Waals surface area contributed by atoms with Gasteiger partial charge in [0.2, 0.25) is 0 Å². The van der Waals surface area contributed by atoms with Gasteiger partial charge in [-0.1, -0.05) is 17.7 Å². The van der Waals surface area contributed by atoms with Crippen molar-refractivity contribution < 1.29 is 23.1 Å². The summed E-state index contributed by atoms with van der Waals surface area (Å²) in [5.74, 6) is -0.647. The zero-order valence-electron chi connectivity index (χ0n) is 14.3. The first kappa shape index (κ1) is 18.8. The van der Waals surface area contributed by atoms with Crippen molar-refractivity contribution in [3.8, 4) is 5.75 Å². The Balaban J connectivity index is 2.52. The minimum atomic E-state index is -4.03. The third kappa shape index (κ3) is 4.11. The van der Waals surface area contributed by atoms with Crippen molar-refractivity contribution in [2.24, 2.45) is 0 Å². The minimum Gasteiger partial charge on any atom is -0.494 e. The number of hydrogen-bond acceptors (Lipinski definition) is 4. The highest BCUT2D eigenvalue weighted by Gasteiger charge is 2.33. The first-order chi connectivity index (χ1) is 11.8. The molecule has 0 radical (unpaired) electrons. The first-order valence-corrected chi connectivity index (χ1v) is 9.28. The summed E-state index contributed by atoms with van der Waals surface area (Å²) >= 11 is 0. The van der Waals surface area contributed by atoms with Crippen molar-refractivity contribution in [3.05, 3.63) is 54.1 Å². The molecule has 1 unspecified atom stereocenters. The van der Waals surface area contributed by atoms with Gasteiger partial charge in [0.05, 0.1) is 17.2 Å². The van der Waals surface area contributed by atoms with Gasteiger partial charge in [0.25, 0.3) is 10.0 Å². The molecule has 2 aromatic rings. The Hall–Kier alpha value is -2.54. The van der Waals surface area contributed by atoms with Gasteiger partial charge in [-0.15, -0.1) is 0 Å². The summed E-state index contributed by atoms with van der Waals surface area (Å²) in [6.07, 6.45) is 0. The molecule has 7 heteroatoms. The van der Waals surface area contributed by atoms with Crippen molar-refractivity contribution in [2.75, 3.05) is 10.9 Å². The SMILES string of the molecule is CCOc1ccc(N(C(C)C(=O)O)S(=O)(=O)c2ccc(C)cc2)cc1. The maximum atomic E-state index is 13.0. The first-order valence-electron chi connectivity index (χ1n) is 7.84. The number of aliphatic carboxylic acids is 1. The summed E-state index contributed by atoms with van der Waals surface area (Å²) in [5, 5.41) is 9.38. The van der Waals surface area contributed by atoms with Crippen LogP contribution in [0.15, 0.2) is 53.4 Å². The Kier molecular flexibility index (Phi) is 5.69. The highest BCUT2D eigenvalue weighted by atomic mass is 32.2. The second kappa shape index (κ2) is 7.57. The van der Waals surface area contributed by atoms with Gasteiger partial charge in [0.1, 0.15) is 11.8 Å². The number of sulfonamides is 1. The summed E-state index contributed by atoms with van der Waals surface area (Å²) < 4.78 is 32.3. The topological polar surface area (TPSA) is 83.9 Å². The largest absolute Gasteiger partial charge is 0.494 e. The maximum Gasteiger partial charge on any atom is 0.327 e. The van der Waals surface area contributed by atoms with Crippen molar-refractivity contribution in [1.29, 1.82) is 0 Å². The van der Waals surface area contributed by atoms with Crippen LogP contribution in [0.3, 0.4) is 0 Å². The van der Waals surface area contributed by atoms with Gasteiger partial charge in [-0.3, -0.25) is 4.31 Å². The fourth-order valence-corrected chi connectivity index (χ4v) is 3.96. The maximum absolute atomic E-state index is 13.0. The number of rotatable bonds is 7. The number of carboxylic acids is 1. The summed E-state index contributed by atoms with van der Waals surface area (Å²) in [5.41, 5.74) is 1.18. The molecule has 0 aromatic heterocycles. The van der Waals surface area contributed by atoms with Gasteiger partial charge >= 0.3 is 5.97 Å². The number of benzene rings is 2. The molecule has 1 atom stereocenters. The lowest BCUT2D eigenvalue weighted by atomic mass is 10.2. The number of aryl methyl sites for hydroxylation is 1. The molecule has 1 N–H and O–H groups in total. The predicted octanol–water partition coefficient (Wildman–Crippen LogP) is 3.06. The van der Waals surface area contributed by atoms with Crippen LogP contribution < -0.4 is 9.04 Å². The molecule has 0 heterocycles. The molecule has 134 valence electrons. The number of hydrogen-bond donors (Lipinski definition) is 1. The highest BCUT2D eigenvalue weighted by Crippen LogP contribution is 2.28. The molecule has 2 rings (SSSR count). The van der Waals surface area contributed by atoms with Crippen LogP contribution in [0.1, 0.15) is 19.4 Å². The highest BCUT2D eigenvalue weighted by molar-refractivity contribution is 7.92. The normalized spacial score (nSPS) is 12.4. The quantitative estimate of drug-likeness (QED) is 0.817. The molecule has 0 amide bonds. The monoisotopic (exact) mass is 363 g/mol. The lowest BCUT2D eigenvalue weighted by Crippen LogP contribution is -2.43. The lowest BCUT2D eigenvalue weighted by Gasteiger charge is -2.28. The van der Waals surface area contributed by atoms with Crippen LogP contribution in [0.4, 0.5) is 5.69 Å². The fraction of sp³-hybridized carbons (Fsp3) is 0.278. The van der Waals surface area contributed by atoms with Gasteiger partial charge in [0.15, 0.2) is 0 Å². The Morgan fingerprint density at radius 1 is 1.12 bits per heavy atom. The molecule has 0 bridgehead atoms. The van der Waals surface area contributed by atoms with E-state index < -0.39 is 22.0 Å². The van der Waals surface area contributed by atoms with E-state index >= 15 is 0 Å². The van der Waals surface area contributed by atoms with Gasteiger partial charge in [-0.05, 0) is 57.2 Å². The predicted molar refractivity (Wildman–Crippen MR) is 95.6 cm³/mol. The smallest absolute Gasteiger partial charge is 0.327 e. The average molecular weight is 363 g/mol.